The molecule has 1 aliphatic heterocycles. The summed E-state index contributed by atoms with van der Waals surface area (Å²) < 4.78 is 19.9. The smallest absolute Gasteiger partial charge is 0.265 e. The van der Waals surface area contributed by atoms with Crippen molar-refractivity contribution in [1.29, 1.82) is 0 Å². The van der Waals surface area contributed by atoms with Crippen LogP contribution >= 0.6 is 0 Å². The van der Waals surface area contributed by atoms with Crippen molar-refractivity contribution in [2.24, 2.45) is 5.73 Å². The Hall–Kier alpha value is -3.16. The Balaban J connectivity index is 1.91. The Bertz CT molecular complexity index is 907. The van der Waals surface area contributed by atoms with Crippen LogP contribution in [-0.2, 0) is 14.4 Å². The fourth-order valence-electron chi connectivity index (χ4n) is 3.49. The highest BCUT2D eigenvalue weighted by Crippen LogP contribution is 2.37. The van der Waals surface area contributed by atoms with Crippen LogP contribution in [0.5, 0.6) is 5.75 Å². The zero-order valence-electron chi connectivity index (χ0n) is 16.3. The van der Waals surface area contributed by atoms with Gasteiger partial charge in [0.2, 0.25) is 5.91 Å². The minimum atomic E-state index is -0.687. The van der Waals surface area contributed by atoms with Crippen LogP contribution in [0.1, 0.15) is 39.0 Å². The standard InChI is InChI=1S/C21H24FN3O4/c1-2-3-6-9-25-17-11-16(15(22)10-18(17)29-12-19(25)26)24-21(28)14-8-5-4-7-13(14)20(23)27/h3,6,10-11H,2,4-5,7-9,12H2,1H3,(H2,23,27)(H,24,28)/b6-3+. The van der Waals surface area contributed by atoms with Crippen LogP contribution < -0.4 is 20.7 Å². The van der Waals surface area contributed by atoms with Crippen LogP contribution in [0.4, 0.5) is 15.8 Å². The lowest BCUT2D eigenvalue weighted by Gasteiger charge is -2.29. The van der Waals surface area contributed by atoms with Crippen molar-refractivity contribution >= 4 is 29.1 Å². The van der Waals surface area contributed by atoms with E-state index in [0.29, 0.717) is 25.1 Å². The summed E-state index contributed by atoms with van der Waals surface area (Å²) in [6.45, 7) is 2.13. The normalized spacial score (nSPS) is 16.6. The SMILES string of the molecule is CC/C=C/CN1C(=O)COc2cc(F)c(NC(=O)C3=C(C(N)=O)CCCC3)cc21. The summed E-state index contributed by atoms with van der Waals surface area (Å²) in [5.74, 6) is -1.90. The van der Waals surface area contributed by atoms with Crippen molar-refractivity contribution in [1.82, 2.24) is 0 Å². The van der Waals surface area contributed by atoms with E-state index in [-0.39, 0.29) is 35.1 Å². The molecule has 0 fully saturated rings. The van der Waals surface area contributed by atoms with Gasteiger partial charge in [0.1, 0.15) is 5.75 Å². The number of carbonyl (C=O) groups excluding carboxylic acids is 3. The maximum absolute atomic E-state index is 14.6. The molecule has 0 radical (unpaired) electrons. The summed E-state index contributed by atoms with van der Waals surface area (Å²) in [4.78, 5) is 38.1. The van der Waals surface area contributed by atoms with Gasteiger partial charge < -0.3 is 20.7 Å². The third-order valence-corrected chi connectivity index (χ3v) is 4.97. The number of primary amides is 1. The number of hydrogen-bond donors (Lipinski definition) is 2. The monoisotopic (exact) mass is 401 g/mol. The maximum atomic E-state index is 14.6. The number of halogens is 1. The number of nitrogens with two attached hydrogens (primary N) is 1. The largest absolute Gasteiger partial charge is 0.481 e. The van der Waals surface area contributed by atoms with Crippen LogP contribution in [0.2, 0.25) is 0 Å². The number of ether oxygens (including phenoxy) is 1. The van der Waals surface area contributed by atoms with Gasteiger partial charge in [0.15, 0.2) is 12.4 Å². The van der Waals surface area contributed by atoms with Gasteiger partial charge in [-0.3, -0.25) is 14.4 Å². The molecule has 1 heterocycles. The number of benzene rings is 1. The number of fused-ring (bicyclic) bond motifs is 1. The number of carbonyl (C=O) groups is 3. The van der Waals surface area contributed by atoms with Crippen LogP contribution in [-0.4, -0.2) is 30.9 Å². The summed E-state index contributed by atoms with van der Waals surface area (Å²) in [6, 6.07) is 2.53. The second kappa shape index (κ2) is 8.89. The summed E-state index contributed by atoms with van der Waals surface area (Å²) in [7, 11) is 0. The molecule has 1 aromatic rings. The molecule has 0 bridgehead atoms. The minimum absolute atomic E-state index is 0.0848. The first-order valence-electron chi connectivity index (χ1n) is 9.67. The first kappa shape index (κ1) is 20.6. The number of anilines is 2. The molecule has 154 valence electrons. The topological polar surface area (TPSA) is 102 Å². The van der Waals surface area contributed by atoms with Crippen molar-refractivity contribution in [3.05, 3.63) is 41.2 Å². The van der Waals surface area contributed by atoms with Gasteiger partial charge in [-0.25, -0.2) is 4.39 Å². The predicted octanol–water partition coefficient (Wildman–Crippen LogP) is 2.81. The number of hydrogen-bond acceptors (Lipinski definition) is 4. The highest BCUT2D eigenvalue weighted by molar-refractivity contribution is 6.10. The number of allylic oxidation sites excluding steroid dienone is 1. The van der Waals surface area contributed by atoms with Gasteiger partial charge in [0.25, 0.3) is 11.8 Å². The van der Waals surface area contributed by atoms with Gasteiger partial charge in [-0.05, 0) is 38.2 Å². The molecule has 0 atom stereocenters. The molecule has 2 aliphatic rings. The summed E-state index contributed by atoms with van der Waals surface area (Å²) in [5.41, 5.74) is 6.26. The van der Waals surface area contributed by atoms with E-state index in [1.165, 1.54) is 11.0 Å². The number of nitrogens with zero attached hydrogens (tertiary/aromatic N) is 1. The van der Waals surface area contributed by atoms with Crippen molar-refractivity contribution in [2.45, 2.75) is 39.0 Å². The van der Waals surface area contributed by atoms with E-state index in [1.54, 1.807) is 0 Å². The summed E-state index contributed by atoms with van der Waals surface area (Å²) in [6.07, 6.45) is 6.98. The Labute approximate surface area is 168 Å². The molecule has 0 saturated heterocycles. The highest BCUT2D eigenvalue weighted by Gasteiger charge is 2.28. The molecule has 0 spiro atoms. The van der Waals surface area contributed by atoms with E-state index in [4.69, 9.17) is 10.5 Å². The first-order valence-corrected chi connectivity index (χ1v) is 9.67. The maximum Gasteiger partial charge on any atom is 0.265 e. The molecule has 0 unspecified atom stereocenters. The van der Waals surface area contributed by atoms with E-state index in [1.807, 2.05) is 19.1 Å². The highest BCUT2D eigenvalue weighted by atomic mass is 19.1. The molecular weight excluding hydrogens is 377 g/mol. The van der Waals surface area contributed by atoms with Gasteiger partial charge >= 0.3 is 0 Å². The lowest BCUT2D eigenvalue weighted by Crippen LogP contribution is -2.39. The molecule has 1 aliphatic carbocycles. The average molecular weight is 401 g/mol. The zero-order valence-corrected chi connectivity index (χ0v) is 16.3. The van der Waals surface area contributed by atoms with Crippen LogP contribution in [0.3, 0.4) is 0 Å². The molecule has 3 amide bonds. The third-order valence-electron chi connectivity index (χ3n) is 4.97. The van der Waals surface area contributed by atoms with E-state index in [9.17, 15) is 18.8 Å². The van der Waals surface area contributed by atoms with Gasteiger partial charge in [0.05, 0.1) is 11.4 Å². The van der Waals surface area contributed by atoms with Gasteiger partial charge in [-0.15, -0.1) is 0 Å². The second-order valence-electron chi connectivity index (χ2n) is 6.96. The Morgan fingerprint density at radius 1 is 1.24 bits per heavy atom. The van der Waals surface area contributed by atoms with Crippen molar-refractivity contribution < 1.29 is 23.5 Å². The lowest BCUT2D eigenvalue weighted by molar-refractivity contribution is -0.121. The van der Waals surface area contributed by atoms with Gasteiger partial charge in [0, 0.05) is 23.8 Å². The van der Waals surface area contributed by atoms with E-state index < -0.39 is 17.6 Å². The minimum Gasteiger partial charge on any atom is -0.481 e. The van der Waals surface area contributed by atoms with Crippen molar-refractivity contribution in [2.75, 3.05) is 23.4 Å². The van der Waals surface area contributed by atoms with Crippen LogP contribution in [0, 0.1) is 5.82 Å². The number of nitrogens with one attached hydrogen (secondary N) is 1. The fourth-order valence-corrected chi connectivity index (χ4v) is 3.49. The van der Waals surface area contributed by atoms with E-state index >= 15 is 0 Å². The van der Waals surface area contributed by atoms with Crippen molar-refractivity contribution in [3.8, 4) is 5.75 Å². The molecule has 8 heteroatoms. The number of amides is 3. The Kier molecular flexibility index (Phi) is 6.31. The molecule has 0 aromatic heterocycles. The van der Waals surface area contributed by atoms with Crippen LogP contribution in [0.15, 0.2) is 35.4 Å². The van der Waals surface area contributed by atoms with Crippen molar-refractivity contribution in [3.63, 3.8) is 0 Å². The summed E-state index contributed by atoms with van der Waals surface area (Å²) >= 11 is 0. The Morgan fingerprint density at radius 2 is 1.97 bits per heavy atom. The molecule has 3 rings (SSSR count). The van der Waals surface area contributed by atoms with Crippen LogP contribution in [0.25, 0.3) is 0 Å². The predicted molar refractivity (Wildman–Crippen MR) is 107 cm³/mol. The lowest BCUT2D eigenvalue weighted by atomic mass is 9.90. The third kappa shape index (κ3) is 4.47. The van der Waals surface area contributed by atoms with E-state index in [2.05, 4.69) is 5.32 Å². The average Bonchev–Trinajstić information content (AvgIpc) is 2.70. The Morgan fingerprint density at radius 3 is 2.66 bits per heavy atom. The molecule has 7 nitrogen and oxygen atoms in total. The summed E-state index contributed by atoms with van der Waals surface area (Å²) in [5, 5.41) is 2.53. The second-order valence-corrected chi connectivity index (χ2v) is 6.96. The van der Waals surface area contributed by atoms with E-state index in [0.717, 1.165) is 25.3 Å². The zero-order chi connectivity index (χ0) is 21.0. The molecular formula is C21H24FN3O4. The van der Waals surface area contributed by atoms with Gasteiger partial charge in [-0.2, -0.15) is 0 Å². The molecule has 0 saturated carbocycles. The number of rotatable bonds is 6. The first-order chi connectivity index (χ1) is 13.9. The molecule has 3 N–H and O–H groups in total. The fraction of sp³-hybridized carbons (Fsp3) is 0.381. The molecule has 29 heavy (non-hydrogen) atoms. The molecule has 1 aromatic carbocycles. The van der Waals surface area contributed by atoms with Gasteiger partial charge in [-0.1, -0.05) is 19.1 Å². The quantitative estimate of drug-likeness (QED) is 0.716.